The van der Waals surface area contributed by atoms with E-state index in [-0.39, 0.29) is 11.5 Å². The number of amides is 1. The number of methoxy groups -OCH3 is 1. The molecule has 1 aromatic rings. The molecular formula is C19H23N3O3S2. The zero-order valence-electron chi connectivity index (χ0n) is 15.3. The summed E-state index contributed by atoms with van der Waals surface area (Å²) < 4.78 is 7.61. The number of piperidine rings is 1. The number of carbonyl (C=O) groups is 1. The Kier molecular flexibility index (Phi) is 5.39. The molecule has 27 heavy (non-hydrogen) atoms. The van der Waals surface area contributed by atoms with Crippen LogP contribution in [-0.4, -0.2) is 57.9 Å². The van der Waals surface area contributed by atoms with Crippen molar-refractivity contribution in [1.29, 1.82) is 0 Å². The Morgan fingerprint density at radius 3 is 2.96 bits per heavy atom. The van der Waals surface area contributed by atoms with Gasteiger partial charge in [-0.15, -0.1) is 0 Å². The van der Waals surface area contributed by atoms with Crippen LogP contribution in [-0.2, 0) is 16.1 Å². The SMILES string of the molecule is COCCCN1C(=O)/C(=C/N2C[C@H]3C[C@@H](C2)c2cccc(=O)n2C3)SC1=S. The van der Waals surface area contributed by atoms with Gasteiger partial charge >= 0.3 is 0 Å². The Morgan fingerprint density at radius 1 is 1.30 bits per heavy atom. The van der Waals surface area contributed by atoms with Gasteiger partial charge in [0.25, 0.3) is 11.5 Å². The van der Waals surface area contributed by atoms with Crippen LogP contribution in [0, 0.1) is 5.92 Å². The van der Waals surface area contributed by atoms with Crippen LogP contribution in [0.4, 0.5) is 0 Å². The maximum absolute atomic E-state index is 12.7. The van der Waals surface area contributed by atoms with Crippen LogP contribution < -0.4 is 5.56 Å². The Morgan fingerprint density at radius 2 is 2.15 bits per heavy atom. The number of likely N-dealkylation sites (tertiary alicyclic amines) is 1. The second-order valence-corrected chi connectivity index (χ2v) is 8.99. The number of carbonyl (C=O) groups excluding carboxylic acids is 1. The van der Waals surface area contributed by atoms with Gasteiger partial charge in [0.2, 0.25) is 0 Å². The van der Waals surface area contributed by atoms with Crippen molar-refractivity contribution < 1.29 is 9.53 Å². The summed E-state index contributed by atoms with van der Waals surface area (Å²) >= 11 is 6.77. The first kappa shape index (κ1) is 18.7. The highest BCUT2D eigenvalue weighted by molar-refractivity contribution is 8.26. The van der Waals surface area contributed by atoms with Gasteiger partial charge in [0.1, 0.15) is 4.32 Å². The average Bonchev–Trinajstić information content (AvgIpc) is 2.90. The number of pyridine rings is 1. The lowest BCUT2D eigenvalue weighted by atomic mass is 9.83. The molecule has 0 N–H and O–H groups in total. The van der Waals surface area contributed by atoms with Crippen LogP contribution in [0.3, 0.4) is 0 Å². The summed E-state index contributed by atoms with van der Waals surface area (Å²) in [4.78, 5) is 29.5. The Balaban J connectivity index is 1.49. The second-order valence-electron chi connectivity index (χ2n) is 7.32. The number of rotatable bonds is 5. The quantitative estimate of drug-likeness (QED) is 0.424. The van der Waals surface area contributed by atoms with E-state index in [1.165, 1.54) is 11.8 Å². The van der Waals surface area contributed by atoms with Gasteiger partial charge in [0, 0.05) is 63.8 Å². The maximum Gasteiger partial charge on any atom is 0.267 e. The lowest BCUT2D eigenvalue weighted by Crippen LogP contribution is -2.45. The van der Waals surface area contributed by atoms with Gasteiger partial charge < -0.3 is 14.2 Å². The van der Waals surface area contributed by atoms with Crippen LogP contribution in [0.5, 0.6) is 0 Å². The third-order valence-corrected chi connectivity index (χ3v) is 6.78. The topological polar surface area (TPSA) is 54.8 Å². The van der Waals surface area contributed by atoms with Crippen LogP contribution in [0.2, 0.25) is 0 Å². The Bertz CT molecular complexity index is 851. The van der Waals surface area contributed by atoms with Crippen LogP contribution in [0.15, 0.2) is 34.1 Å². The zero-order chi connectivity index (χ0) is 19.0. The molecule has 0 radical (unpaired) electrons. The maximum atomic E-state index is 12.7. The van der Waals surface area contributed by atoms with Crippen molar-refractivity contribution in [2.45, 2.75) is 25.3 Å². The molecule has 0 unspecified atom stereocenters. The van der Waals surface area contributed by atoms with Crippen molar-refractivity contribution in [3.8, 4) is 0 Å². The van der Waals surface area contributed by atoms with E-state index in [0.717, 1.165) is 38.2 Å². The number of thioether (sulfide) groups is 1. The number of aromatic nitrogens is 1. The molecule has 0 spiro atoms. The van der Waals surface area contributed by atoms with Crippen LogP contribution in [0.25, 0.3) is 0 Å². The summed E-state index contributed by atoms with van der Waals surface area (Å²) in [6, 6.07) is 5.54. The number of ether oxygens (including phenoxy) is 1. The molecule has 144 valence electrons. The molecule has 6 nitrogen and oxygen atoms in total. The fourth-order valence-electron chi connectivity index (χ4n) is 4.25. The minimum atomic E-state index is -0.00606. The molecule has 3 aliphatic heterocycles. The molecule has 1 aromatic heterocycles. The Labute approximate surface area is 168 Å². The van der Waals surface area contributed by atoms with Crippen molar-refractivity contribution in [1.82, 2.24) is 14.4 Å². The normalized spacial score (nSPS) is 26.0. The molecule has 2 fully saturated rings. The number of fused-ring (bicyclic) bond motifs is 4. The minimum Gasteiger partial charge on any atom is -0.385 e. The number of nitrogens with zero attached hydrogens (tertiary/aromatic N) is 3. The van der Waals surface area contributed by atoms with Crippen LogP contribution >= 0.6 is 24.0 Å². The highest BCUT2D eigenvalue weighted by Crippen LogP contribution is 2.37. The highest BCUT2D eigenvalue weighted by atomic mass is 32.2. The third kappa shape index (κ3) is 3.70. The molecule has 8 heteroatoms. The third-order valence-electron chi connectivity index (χ3n) is 5.41. The lowest BCUT2D eigenvalue weighted by molar-refractivity contribution is -0.122. The molecule has 0 aliphatic carbocycles. The largest absolute Gasteiger partial charge is 0.385 e. The van der Waals surface area contributed by atoms with E-state index in [4.69, 9.17) is 17.0 Å². The van der Waals surface area contributed by atoms with Gasteiger partial charge in [0.15, 0.2) is 0 Å². The number of hydrogen-bond donors (Lipinski definition) is 0. The van der Waals surface area contributed by atoms with E-state index in [0.29, 0.717) is 34.2 Å². The average molecular weight is 406 g/mol. The molecule has 2 atom stereocenters. The minimum absolute atomic E-state index is 0.00606. The van der Waals surface area contributed by atoms with Gasteiger partial charge in [-0.1, -0.05) is 30.0 Å². The molecule has 3 aliphatic rings. The van der Waals surface area contributed by atoms with Gasteiger partial charge in [0.05, 0.1) is 4.91 Å². The van der Waals surface area contributed by atoms with Gasteiger partial charge in [-0.25, -0.2) is 0 Å². The van der Waals surface area contributed by atoms with Gasteiger partial charge in [-0.05, 0) is 24.8 Å². The smallest absolute Gasteiger partial charge is 0.267 e. The monoisotopic (exact) mass is 405 g/mol. The van der Waals surface area contributed by atoms with Crippen molar-refractivity contribution in [3.63, 3.8) is 0 Å². The first-order valence-electron chi connectivity index (χ1n) is 9.25. The fourth-order valence-corrected chi connectivity index (χ4v) is 5.57. The first-order valence-corrected chi connectivity index (χ1v) is 10.5. The predicted octanol–water partition coefficient (Wildman–Crippen LogP) is 2.01. The predicted molar refractivity (Wildman–Crippen MR) is 110 cm³/mol. The first-order chi connectivity index (χ1) is 13.1. The number of hydrogen-bond acceptors (Lipinski definition) is 6. The summed E-state index contributed by atoms with van der Waals surface area (Å²) in [5.74, 6) is 0.752. The molecular weight excluding hydrogens is 382 g/mol. The van der Waals surface area contributed by atoms with E-state index in [2.05, 4.69) is 11.0 Å². The van der Waals surface area contributed by atoms with Crippen molar-refractivity contribution >= 4 is 34.2 Å². The van der Waals surface area contributed by atoms with Gasteiger partial charge in [-0.2, -0.15) is 0 Å². The summed E-state index contributed by atoms with van der Waals surface area (Å²) in [5, 5.41) is 0. The molecule has 2 bridgehead atoms. The standard InChI is InChI=1S/C19H23N3O3S2/c1-25-7-3-6-21-18(24)16(27-19(21)26)12-20-9-13-8-14(11-20)15-4-2-5-17(23)22(15)10-13/h2,4-5,12-14H,3,6-11H2,1H3/b16-12-/t13-,14+/m1/s1. The second kappa shape index (κ2) is 7.77. The van der Waals surface area contributed by atoms with E-state index in [9.17, 15) is 9.59 Å². The van der Waals surface area contributed by atoms with E-state index in [1.54, 1.807) is 18.1 Å². The summed E-state index contributed by atoms with van der Waals surface area (Å²) in [6.07, 6.45) is 3.85. The fraction of sp³-hybridized carbons (Fsp3) is 0.526. The summed E-state index contributed by atoms with van der Waals surface area (Å²) in [7, 11) is 1.66. The van der Waals surface area contributed by atoms with Gasteiger partial charge in [-0.3, -0.25) is 14.5 Å². The van der Waals surface area contributed by atoms with Crippen LogP contribution in [0.1, 0.15) is 24.5 Å². The molecule has 2 saturated heterocycles. The van der Waals surface area contributed by atoms with E-state index < -0.39 is 0 Å². The molecule has 1 amide bonds. The Hall–Kier alpha value is -1.64. The molecule has 0 aromatic carbocycles. The molecule has 4 heterocycles. The van der Waals surface area contributed by atoms with Crippen molar-refractivity contribution in [3.05, 3.63) is 45.4 Å². The molecule has 0 saturated carbocycles. The zero-order valence-corrected chi connectivity index (χ0v) is 16.9. The summed E-state index contributed by atoms with van der Waals surface area (Å²) in [5.41, 5.74) is 1.21. The summed E-state index contributed by atoms with van der Waals surface area (Å²) in [6.45, 7) is 3.66. The van der Waals surface area contributed by atoms with Crippen molar-refractivity contribution in [2.75, 3.05) is 33.4 Å². The number of thiocarbonyl (C=S) groups is 1. The highest BCUT2D eigenvalue weighted by Gasteiger charge is 2.36. The van der Waals surface area contributed by atoms with Crippen molar-refractivity contribution in [2.24, 2.45) is 5.92 Å². The lowest BCUT2D eigenvalue weighted by Gasteiger charge is -2.42. The van der Waals surface area contributed by atoms with E-state index in [1.807, 2.05) is 16.8 Å². The molecule has 4 rings (SSSR count). The van der Waals surface area contributed by atoms with E-state index >= 15 is 0 Å².